The van der Waals surface area contributed by atoms with Crippen LogP contribution in [0.1, 0.15) is 19.9 Å². The maximum atomic E-state index is 13.2. The van der Waals surface area contributed by atoms with Crippen LogP contribution in [-0.2, 0) is 9.53 Å². The number of fused-ring (bicyclic) bond motifs is 1. The van der Waals surface area contributed by atoms with Crippen LogP contribution in [0.2, 0.25) is 0 Å². The predicted octanol–water partition coefficient (Wildman–Crippen LogP) is 3.74. The largest absolute Gasteiger partial charge is 0.497 e. The molecule has 0 saturated carbocycles. The maximum absolute atomic E-state index is 13.2. The van der Waals surface area contributed by atoms with Crippen LogP contribution in [0.25, 0.3) is 10.9 Å². The SMILES string of the molecule is COC[C@H](C)n1c(S[C@@H](C)C(=O)Nc2cc(OC)cc(OC)c2)nc2ccccc2c1=O. The second-order valence-corrected chi connectivity index (χ2v) is 8.55. The number of carbonyl (C=O) groups excluding carboxylic acids is 1. The van der Waals surface area contributed by atoms with Gasteiger partial charge < -0.3 is 19.5 Å². The van der Waals surface area contributed by atoms with Crippen LogP contribution < -0.4 is 20.3 Å². The molecule has 3 aromatic rings. The lowest BCUT2D eigenvalue weighted by Gasteiger charge is -2.20. The molecular weight excluding hydrogens is 430 g/mol. The number of nitrogens with one attached hydrogen (secondary N) is 1. The molecule has 170 valence electrons. The number of thioether (sulfide) groups is 1. The molecule has 0 radical (unpaired) electrons. The summed E-state index contributed by atoms with van der Waals surface area (Å²) in [4.78, 5) is 30.8. The minimum absolute atomic E-state index is 0.159. The third-order valence-corrected chi connectivity index (χ3v) is 5.96. The van der Waals surface area contributed by atoms with Gasteiger partial charge in [0.25, 0.3) is 5.56 Å². The molecule has 0 saturated heterocycles. The van der Waals surface area contributed by atoms with Gasteiger partial charge in [-0.1, -0.05) is 23.9 Å². The average molecular weight is 458 g/mol. The van der Waals surface area contributed by atoms with Crippen LogP contribution in [0.15, 0.2) is 52.4 Å². The fourth-order valence-electron chi connectivity index (χ4n) is 3.25. The van der Waals surface area contributed by atoms with E-state index in [0.717, 1.165) is 0 Å². The number of aromatic nitrogens is 2. The summed E-state index contributed by atoms with van der Waals surface area (Å²) in [7, 11) is 4.68. The summed E-state index contributed by atoms with van der Waals surface area (Å²) in [6.07, 6.45) is 0. The van der Waals surface area contributed by atoms with Crippen LogP contribution >= 0.6 is 11.8 Å². The fourth-order valence-corrected chi connectivity index (χ4v) is 4.26. The van der Waals surface area contributed by atoms with Gasteiger partial charge in [-0.2, -0.15) is 0 Å². The van der Waals surface area contributed by atoms with E-state index in [1.165, 1.54) is 11.8 Å². The molecule has 0 spiro atoms. The summed E-state index contributed by atoms with van der Waals surface area (Å²) in [5.41, 5.74) is 0.981. The molecule has 9 heteroatoms. The summed E-state index contributed by atoms with van der Waals surface area (Å²) >= 11 is 1.22. The van der Waals surface area contributed by atoms with Gasteiger partial charge in [0.15, 0.2) is 5.16 Å². The number of amides is 1. The van der Waals surface area contributed by atoms with Crippen molar-refractivity contribution in [1.82, 2.24) is 9.55 Å². The number of rotatable bonds is 9. The van der Waals surface area contributed by atoms with Crippen molar-refractivity contribution in [2.75, 3.05) is 33.3 Å². The third-order valence-electron chi connectivity index (χ3n) is 4.89. The number of methoxy groups -OCH3 is 3. The zero-order valence-electron chi connectivity index (χ0n) is 18.7. The highest BCUT2D eigenvalue weighted by Gasteiger charge is 2.22. The molecule has 1 heterocycles. The van der Waals surface area contributed by atoms with Gasteiger partial charge >= 0.3 is 0 Å². The number of anilines is 1. The minimum atomic E-state index is -0.527. The van der Waals surface area contributed by atoms with E-state index in [-0.39, 0.29) is 17.5 Å². The van der Waals surface area contributed by atoms with E-state index in [2.05, 4.69) is 10.3 Å². The summed E-state index contributed by atoms with van der Waals surface area (Å²) in [6.45, 7) is 4.00. The fraction of sp³-hybridized carbons (Fsp3) is 0.348. The van der Waals surface area contributed by atoms with Crippen LogP contribution in [0.3, 0.4) is 0 Å². The number of nitrogens with zero attached hydrogens (tertiary/aromatic N) is 2. The molecule has 1 aromatic heterocycles. The van der Waals surface area contributed by atoms with Crippen LogP contribution in [0.4, 0.5) is 5.69 Å². The Balaban J connectivity index is 1.90. The van der Waals surface area contributed by atoms with Gasteiger partial charge in [-0.3, -0.25) is 14.2 Å². The third kappa shape index (κ3) is 5.23. The first kappa shape index (κ1) is 23.6. The monoisotopic (exact) mass is 457 g/mol. The van der Waals surface area contributed by atoms with Gasteiger partial charge in [0.2, 0.25) is 5.91 Å². The second-order valence-electron chi connectivity index (χ2n) is 7.24. The molecule has 1 amide bonds. The molecule has 0 aliphatic rings. The lowest BCUT2D eigenvalue weighted by molar-refractivity contribution is -0.115. The number of para-hydroxylation sites is 1. The normalized spacial score (nSPS) is 12.9. The maximum Gasteiger partial charge on any atom is 0.262 e. The molecule has 8 nitrogen and oxygen atoms in total. The van der Waals surface area contributed by atoms with Crippen molar-refractivity contribution < 1.29 is 19.0 Å². The van der Waals surface area contributed by atoms with Crippen molar-refractivity contribution in [3.05, 3.63) is 52.8 Å². The van der Waals surface area contributed by atoms with Crippen LogP contribution in [0.5, 0.6) is 11.5 Å². The predicted molar refractivity (Wildman–Crippen MR) is 126 cm³/mol. The van der Waals surface area contributed by atoms with Crippen molar-refractivity contribution >= 4 is 34.3 Å². The Morgan fingerprint density at radius 1 is 1.09 bits per heavy atom. The molecule has 0 unspecified atom stereocenters. The van der Waals surface area contributed by atoms with Crippen molar-refractivity contribution in [3.63, 3.8) is 0 Å². The molecular formula is C23H27N3O5S. The van der Waals surface area contributed by atoms with Gasteiger partial charge in [0, 0.05) is 31.0 Å². The molecule has 0 aliphatic heterocycles. The van der Waals surface area contributed by atoms with E-state index in [0.29, 0.717) is 39.9 Å². The molecule has 2 atom stereocenters. The lowest BCUT2D eigenvalue weighted by atomic mass is 10.2. The Hall–Kier alpha value is -3.04. The summed E-state index contributed by atoms with van der Waals surface area (Å²) in [6, 6.07) is 12.1. The van der Waals surface area contributed by atoms with E-state index < -0.39 is 5.25 Å². The van der Waals surface area contributed by atoms with Crippen molar-refractivity contribution in [1.29, 1.82) is 0 Å². The molecule has 0 aliphatic carbocycles. The topological polar surface area (TPSA) is 91.7 Å². The van der Waals surface area contributed by atoms with Gasteiger partial charge in [0.05, 0.1) is 43.0 Å². The molecule has 32 heavy (non-hydrogen) atoms. The first-order chi connectivity index (χ1) is 15.4. The Labute approximate surface area is 190 Å². The molecule has 2 aromatic carbocycles. The molecule has 3 rings (SSSR count). The number of benzene rings is 2. The van der Waals surface area contributed by atoms with Crippen molar-refractivity contribution in [2.45, 2.75) is 30.3 Å². The number of hydrogen-bond donors (Lipinski definition) is 1. The van der Waals surface area contributed by atoms with E-state index in [4.69, 9.17) is 14.2 Å². The Bertz CT molecular complexity index is 1140. The summed E-state index contributed by atoms with van der Waals surface area (Å²) < 4.78 is 17.4. The average Bonchev–Trinajstić information content (AvgIpc) is 2.78. The quantitative estimate of drug-likeness (QED) is 0.387. The second kappa shape index (κ2) is 10.5. The van der Waals surface area contributed by atoms with Gasteiger partial charge in [-0.15, -0.1) is 0 Å². The first-order valence-corrected chi connectivity index (χ1v) is 11.0. The number of ether oxygens (including phenoxy) is 3. The highest BCUT2D eigenvalue weighted by atomic mass is 32.2. The standard InChI is InChI=1S/C23H27N3O5S/c1-14(13-29-3)26-22(28)19-8-6-7-9-20(19)25-23(26)32-15(2)21(27)24-16-10-17(30-4)12-18(11-16)31-5/h6-12,14-15H,13H2,1-5H3,(H,24,27)/t14-,15-/m0/s1. The minimum Gasteiger partial charge on any atom is -0.497 e. The Morgan fingerprint density at radius 3 is 2.38 bits per heavy atom. The highest BCUT2D eigenvalue weighted by molar-refractivity contribution is 8.00. The van der Waals surface area contributed by atoms with Crippen molar-refractivity contribution in [2.24, 2.45) is 0 Å². The summed E-state index contributed by atoms with van der Waals surface area (Å²) in [5, 5.41) is 3.34. The highest BCUT2D eigenvalue weighted by Crippen LogP contribution is 2.28. The molecule has 1 N–H and O–H groups in total. The van der Waals surface area contributed by atoms with E-state index in [1.54, 1.807) is 63.2 Å². The van der Waals surface area contributed by atoms with Gasteiger partial charge in [-0.25, -0.2) is 4.98 Å². The Kier molecular flexibility index (Phi) is 7.76. The zero-order valence-corrected chi connectivity index (χ0v) is 19.6. The first-order valence-electron chi connectivity index (χ1n) is 10.1. The molecule has 0 bridgehead atoms. The lowest BCUT2D eigenvalue weighted by Crippen LogP contribution is -2.30. The number of hydrogen-bond acceptors (Lipinski definition) is 7. The zero-order chi connectivity index (χ0) is 23.3. The smallest absolute Gasteiger partial charge is 0.262 e. The van der Waals surface area contributed by atoms with E-state index >= 15 is 0 Å². The van der Waals surface area contributed by atoms with Gasteiger partial charge in [0.1, 0.15) is 11.5 Å². The van der Waals surface area contributed by atoms with E-state index in [9.17, 15) is 9.59 Å². The molecule has 0 fully saturated rings. The van der Waals surface area contributed by atoms with E-state index in [1.807, 2.05) is 19.1 Å². The number of carbonyl (C=O) groups is 1. The van der Waals surface area contributed by atoms with Crippen LogP contribution in [0, 0.1) is 0 Å². The summed E-state index contributed by atoms with van der Waals surface area (Å²) in [5.74, 6) is 0.899. The van der Waals surface area contributed by atoms with Gasteiger partial charge in [-0.05, 0) is 26.0 Å². The van der Waals surface area contributed by atoms with Crippen LogP contribution in [-0.4, -0.2) is 48.6 Å². The Morgan fingerprint density at radius 2 is 1.75 bits per heavy atom. The van der Waals surface area contributed by atoms with Crippen molar-refractivity contribution in [3.8, 4) is 11.5 Å².